The molecule has 0 aliphatic heterocycles. The third-order valence-corrected chi connectivity index (χ3v) is 8.09. The van der Waals surface area contributed by atoms with Crippen LogP contribution in [0.1, 0.15) is 56.7 Å². The van der Waals surface area contributed by atoms with Crippen molar-refractivity contribution in [3.8, 4) is 0 Å². The Hall–Kier alpha value is -3.63. The van der Waals surface area contributed by atoms with Gasteiger partial charge in [-0.1, -0.05) is 69.3 Å². The molecule has 0 saturated carbocycles. The number of carbonyl (C=O) groups is 1. The minimum atomic E-state index is -1.16. The van der Waals surface area contributed by atoms with Crippen molar-refractivity contribution in [2.24, 2.45) is 11.7 Å². The largest absolute Gasteiger partial charge is 0.391 e. The van der Waals surface area contributed by atoms with Gasteiger partial charge in [0, 0.05) is 36.1 Å². The van der Waals surface area contributed by atoms with Crippen LogP contribution in [0.4, 0.5) is 14.5 Å². The first-order valence-corrected chi connectivity index (χ1v) is 15.1. The lowest BCUT2D eigenvalue weighted by Gasteiger charge is -2.40. The molecule has 1 aliphatic carbocycles. The highest BCUT2D eigenvalue weighted by molar-refractivity contribution is 5.93. The van der Waals surface area contributed by atoms with E-state index < -0.39 is 35.1 Å². The summed E-state index contributed by atoms with van der Waals surface area (Å²) in [6, 6.07) is 20.5. The monoisotopic (exact) mass is 606 g/mol. The van der Waals surface area contributed by atoms with E-state index in [1.165, 1.54) is 17.7 Å². The van der Waals surface area contributed by atoms with Gasteiger partial charge in [-0.05, 0) is 72.1 Å². The van der Waals surface area contributed by atoms with Crippen LogP contribution in [-0.4, -0.2) is 36.8 Å². The van der Waals surface area contributed by atoms with Crippen LogP contribution in [0.3, 0.4) is 0 Å². The van der Waals surface area contributed by atoms with Crippen molar-refractivity contribution >= 4 is 11.6 Å². The molecule has 0 bridgehead atoms. The summed E-state index contributed by atoms with van der Waals surface area (Å²) in [7, 11) is 0. The summed E-state index contributed by atoms with van der Waals surface area (Å²) in [5, 5.41) is 18.0. The lowest BCUT2D eigenvalue weighted by molar-refractivity contribution is -0.123. The molecule has 44 heavy (non-hydrogen) atoms. The van der Waals surface area contributed by atoms with Gasteiger partial charge in [0.15, 0.2) is 0 Å². The molecule has 9 heteroatoms. The number of carbonyl (C=O) groups excluding carboxylic acids is 1. The number of para-hydroxylation sites is 1. The van der Waals surface area contributed by atoms with Crippen LogP contribution in [0.25, 0.3) is 0 Å². The first kappa shape index (κ1) is 33.3. The van der Waals surface area contributed by atoms with E-state index in [0.29, 0.717) is 38.1 Å². The number of aliphatic hydroxyl groups excluding tert-OH is 1. The Balaban J connectivity index is 1.60. The second-order valence-electron chi connectivity index (χ2n) is 12.5. The van der Waals surface area contributed by atoms with Gasteiger partial charge in [-0.3, -0.25) is 15.1 Å². The average Bonchev–Trinajstić information content (AvgIpc) is 2.99. The van der Waals surface area contributed by atoms with Crippen molar-refractivity contribution in [2.45, 2.75) is 63.5 Å². The van der Waals surface area contributed by atoms with E-state index in [1.807, 2.05) is 12.1 Å². The third kappa shape index (κ3) is 8.95. The van der Waals surface area contributed by atoms with Crippen LogP contribution in [-0.2, 0) is 27.0 Å². The number of anilines is 1. The summed E-state index contributed by atoms with van der Waals surface area (Å²) in [5.74, 6) is -2.89. The fourth-order valence-corrected chi connectivity index (χ4v) is 5.54. The lowest BCUT2D eigenvalue weighted by atomic mass is 9.76. The molecule has 1 amide bonds. The maximum absolute atomic E-state index is 14.1. The van der Waals surface area contributed by atoms with Gasteiger partial charge in [0.1, 0.15) is 11.6 Å². The first-order chi connectivity index (χ1) is 21.0. The van der Waals surface area contributed by atoms with Crippen molar-refractivity contribution in [2.75, 3.05) is 25.0 Å². The Morgan fingerprint density at radius 1 is 1.05 bits per heavy atom. The van der Waals surface area contributed by atoms with Crippen molar-refractivity contribution in [3.05, 3.63) is 113 Å². The first-order valence-electron chi connectivity index (χ1n) is 15.1. The van der Waals surface area contributed by atoms with E-state index in [2.05, 4.69) is 61.2 Å². The van der Waals surface area contributed by atoms with E-state index in [4.69, 9.17) is 10.6 Å². The van der Waals surface area contributed by atoms with Crippen molar-refractivity contribution in [1.82, 2.24) is 10.8 Å². The van der Waals surface area contributed by atoms with E-state index in [0.717, 1.165) is 17.3 Å². The molecule has 0 spiro atoms. The number of nitrogens with two attached hydrogens (primary N) is 1. The number of hydrogen-bond acceptors (Lipinski definition) is 6. The van der Waals surface area contributed by atoms with Crippen molar-refractivity contribution in [3.63, 3.8) is 0 Å². The second kappa shape index (κ2) is 14.9. The fourth-order valence-electron chi connectivity index (χ4n) is 5.54. The normalized spacial score (nSPS) is 18.3. The molecule has 236 valence electrons. The summed E-state index contributed by atoms with van der Waals surface area (Å²) in [4.78, 5) is 19.0. The molecule has 6 N–H and O–H groups in total. The number of nitrogens with one attached hydrogen (secondary N) is 3. The molecule has 0 fully saturated rings. The molecule has 0 saturated heterocycles. The number of benzene rings is 3. The van der Waals surface area contributed by atoms with E-state index in [1.54, 1.807) is 24.3 Å². The number of hydroxylamine groups is 1. The minimum absolute atomic E-state index is 0.0465. The second-order valence-corrected chi connectivity index (χ2v) is 12.5. The summed E-state index contributed by atoms with van der Waals surface area (Å²) in [6.45, 7) is 7.37. The number of rotatable bonds is 13. The summed E-state index contributed by atoms with van der Waals surface area (Å²) in [6.07, 6.45) is 2.87. The molecular weight excluding hydrogens is 562 g/mol. The number of aliphatic hydroxyl groups is 1. The molecular formula is C35H44F2N4O3. The minimum Gasteiger partial charge on any atom is -0.391 e. The van der Waals surface area contributed by atoms with Crippen LogP contribution >= 0.6 is 0 Å². The molecule has 1 aliphatic rings. The SMILES string of the molecule is CC(C)(C)c1cccc(C2(NCC(O)C(Cc3cc(F)cc(F)c3)C(=O)Nc3ccccc3)CC=C(NOCCN)CC2)c1. The Morgan fingerprint density at radius 2 is 1.77 bits per heavy atom. The molecule has 0 radical (unpaired) electrons. The van der Waals surface area contributed by atoms with Crippen LogP contribution in [0.2, 0.25) is 0 Å². The molecule has 3 atom stereocenters. The molecule has 4 rings (SSSR count). The number of halogens is 2. The van der Waals surface area contributed by atoms with Gasteiger partial charge in [-0.2, -0.15) is 0 Å². The van der Waals surface area contributed by atoms with E-state index in [-0.39, 0.29) is 23.9 Å². The lowest BCUT2D eigenvalue weighted by Crippen LogP contribution is -2.50. The molecule has 7 nitrogen and oxygen atoms in total. The Bertz CT molecular complexity index is 1410. The maximum atomic E-state index is 14.1. The Morgan fingerprint density at radius 3 is 2.41 bits per heavy atom. The summed E-state index contributed by atoms with van der Waals surface area (Å²) in [5.41, 5.74) is 12.0. The highest BCUT2D eigenvalue weighted by Crippen LogP contribution is 2.38. The molecule has 3 aromatic carbocycles. The highest BCUT2D eigenvalue weighted by atomic mass is 19.1. The molecule has 3 unspecified atom stereocenters. The van der Waals surface area contributed by atoms with Gasteiger partial charge < -0.3 is 21.5 Å². The highest BCUT2D eigenvalue weighted by Gasteiger charge is 2.37. The summed E-state index contributed by atoms with van der Waals surface area (Å²) >= 11 is 0. The third-order valence-electron chi connectivity index (χ3n) is 8.09. The number of amides is 1. The quantitative estimate of drug-likeness (QED) is 0.131. The zero-order valence-electron chi connectivity index (χ0n) is 25.7. The Kier molecular flexibility index (Phi) is 11.3. The van der Waals surface area contributed by atoms with Gasteiger partial charge in [0.25, 0.3) is 0 Å². The number of allylic oxidation sites excluding steroid dienone is 1. The predicted octanol–water partition coefficient (Wildman–Crippen LogP) is 5.45. The van der Waals surface area contributed by atoms with Gasteiger partial charge >= 0.3 is 0 Å². The Labute approximate surface area is 258 Å². The van der Waals surface area contributed by atoms with E-state index >= 15 is 0 Å². The van der Waals surface area contributed by atoms with Gasteiger partial charge in [-0.25, -0.2) is 8.78 Å². The zero-order chi connectivity index (χ0) is 31.7. The standard InChI is InChI=1S/C35H44F2N4O3/c1-34(2,3)25-8-7-9-26(21-25)35(14-12-30(13-15-35)41-44-17-16-38)39-23-32(42)31(20-24-18-27(36)22-28(37)19-24)33(43)40-29-10-5-4-6-11-29/h4-12,18-19,21-22,31-32,39,41-42H,13-17,20,23,38H2,1-3H3,(H,40,43). The smallest absolute Gasteiger partial charge is 0.230 e. The maximum Gasteiger partial charge on any atom is 0.230 e. The van der Waals surface area contributed by atoms with Gasteiger partial charge in [-0.15, -0.1) is 0 Å². The van der Waals surface area contributed by atoms with Crippen LogP contribution in [0.5, 0.6) is 0 Å². The van der Waals surface area contributed by atoms with Crippen LogP contribution in [0, 0.1) is 17.6 Å². The van der Waals surface area contributed by atoms with Crippen LogP contribution in [0.15, 0.2) is 84.6 Å². The summed E-state index contributed by atoms with van der Waals surface area (Å²) < 4.78 is 28.1. The molecule has 0 heterocycles. The van der Waals surface area contributed by atoms with E-state index in [9.17, 15) is 18.7 Å². The average molecular weight is 607 g/mol. The van der Waals surface area contributed by atoms with Gasteiger partial charge in [0.05, 0.1) is 18.6 Å². The fraction of sp³-hybridized carbons (Fsp3) is 0.400. The van der Waals surface area contributed by atoms with Crippen LogP contribution < -0.4 is 21.8 Å². The molecule has 3 aromatic rings. The predicted molar refractivity (Wildman–Crippen MR) is 170 cm³/mol. The number of hydrogen-bond donors (Lipinski definition) is 5. The topological polar surface area (TPSA) is 109 Å². The van der Waals surface area contributed by atoms with Crippen molar-refractivity contribution in [1.29, 1.82) is 0 Å². The molecule has 0 aromatic heterocycles. The van der Waals surface area contributed by atoms with Crippen molar-refractivity contribution < 1.29 is 23.5 Å². The van der Waals surface area contributed by atoms with Gasteiger partial charge in [0.2, 0.25) is 5.91 Å². The zero-order valence-corrected chi connectivity index (χ0v) is 25.7.